The van der Waals surface area contributed by atoms with E-state index < -0.39 is 5.60 Å². The van der Waals surface area contributed by atoms with E-state index in [-0.39, 0.29) is 11.7 Å². The number of aromatic hydroxyl groups is 1. The van der Waals surface area contributed by atoms with Gasteiger partial charge in [0.15, 0.2) is 0 Å². The normalized spacial score (nSPS) is 19.6. The van der Waals surface area contributed by atoms with Gasteiger partial charge >= 0.3 is 0 Å². The van der Waals surface area contributed by atoms with Crippen molar-refractivity contribution < 1.29 is 14.6 Å². The van der Waals surface area contributed by atoms with Crippen molar-refractivity contribution in [3.05, 3.63) is 29.3 Å². The smallest absolute Gasteiger partial charge is 0.122 e. The van der Waals surface area contributed by atoms with E-state index in [2.05, 4.69) is 33.8 Å². The molecule has 2 aliphatic rings. The Balaban J connectivity index is 2.04. The Bertz CT molecular complexity index is 663. The summed E-state index contributed by atoms with van der Waals surface area (Å²) in [5, 5.41) is 11.2. The first-order valence-electron chi connectivity index (χ1n) is 13.2. The SMILES string of the molecule is CCC(CC)(OC1CCCCC1)c1cccc(O)c1C(CC)(CC)OC1CCCCC1. The van der Waals surface area contributed by atoms with Gasteiger partial charge in [-0.25, -0.2) is 0 Å². The summed E-state index contributed by atoms with van der Waals surface area (Å²) in [4.78, 5) is 0. The van der Waals surface area contributed by atoms with Crippen molar-refractivity contribution in [2.45, 2.75) is 141 Å². The van der Waals surface area contributed by atoms with E-state index in [0.717, 1.165) is 62.5 Å². The van der Waals surface area contributed by atoms with Gasteiger partial charge in [0.05, 0.1) is 23.4 Å². The van der Waals surface area contributed by atoms with Crippen LogP contribution in [-0.2, 0) is 20.7 Å². The topological polar surface area (TPSA) is 38.7 Å². The van der Waals surface area contributed by atoms with Crippen LogP contribution in [0, 0.1) is 0 Å². The molecule has 1 aromatic carbocycles. The van der Waals surface area contributed by atoms with Crippen LogP contribution < -0.4 is 0 Å². The van der Waals surface area contributed by atoms with Crippen LogP contribution in [0.4, 0.5) is 0 Å². The highest BCUT2D eigenvalue weighted by Crippen LogP contribution is 2.49. The number of rotatable bonds is 10. The van der Waals surface area contributed by atoms with Gasteiger partial charge in [0.1, 0.15) is 5.75 Å². The molecule has 3 rings (SSSR count). The molecule has 0 aromatic heterocycles. The van der Waals surface area contributed by atoms with Gasteiger partial charge < -0.3 is 14.6 Å². The summed E-state index contributed by atoms with van der Waals surface area (Å²) in [6, 6.07) is 6.05. The molecular formula is C28H46O3. The summed E-state index contributed by atoms with van der Waals surface area (Å²) in [5.41, 5.74) is 1.31. The van der Waals surface area contributed by atoms with E-state index in [1.165, 1.54) is 38.5 Å². The Morgan fingerprint density at radius 1 is 0.710 bits per heavy atom. The zero-order valence-corrected chi connectivity index (χ0v) is 20.5. The average Bonchev–Trinajstić information content (AvgIpc) is 2.82. The van der Waals surface area contributed by atoms with E-state index in [4.69, 9.17) is 9.47 Å². The predicted molar refractivity (Wildman–Crippen MR) is 129 cm³/mol. The Kier molecular flexibility index (Phi) is 8.87. The van der Waals surface area contributed by atoms with Gasteiger partial charge in [-0.2, -0.15) is 0 Å². The molecule has 31 heavy (non-hydrogen) atoms. The van der Waals surface area contributed by atoms with Crippen LogP contribution in [-0.4, -0.2) is 17.3 Å². The maximum Gasteiger partial charge on any atom is 0.122 e. The minimum atomic E-state index is -0.464. The van der Waals surface area contributed by atoms with Gasteiger partial charge in [-0.3, -0.25) is 0 Å². The van der Waals surface area contributed by atoms with Gasteiger partial charge in [0.25, 0.3) is 0 Å². The number of hydrogen-bond acceptors (Lipinski definition) is 3. The number of hydrogen-bond donors (Lipinski definition) is 1. The molecule has 0 heterocycles. The van der Waals surface area contributed by atoms with Gasteiger partial charge in [0.2, 0.25) is 0 Å². The summed E-state index contributed by atoms with van der Waals surface area (Å²) in [7, 11) is 0. The van der Waals surface area contributed by atoms with Gasteiger partial charge in [-0.1, -0.05) is 78.4 Å². The molecule has 0 aliphatic heterocycles. The van der Waals surface area contributed by atoms with Crippen molar-refractivity contribution in [2.24, 2.45) is 0 Å². The van der Waals surface area contributed by atoms with Crippen molar-refractivity contribution in [3.63, 3.8) is 0 Å². The van der Waals surface area contributed by atoms with E-state index in [1.807, 2.05) is 12.1 Å². The maximum atomic E-state index is 11.2. The lowest BCUT2D eigenvalue weighted by Gasteiger charge is -2.44. The van der Waals surface area contributed by atoms with E-state index in [0.29, 0.717) is 11.9 Å². The predicted octanol–water partition coefficient (Wildman–Crippen LogP) is 8.12. The lowest BCUT2D eigenvalue weighted by Crippen LogP contribution is -2.40. The Morgan fingerprint density at radius 3 is 1.61 bits per heavy atom. The highest BCUT2D eigenvalue weighted by atomic mass is 16.5. The fourth-order valence-electron chi connectivity index (χ4n) is 6.09. The second-order valence-electron chi connectivity index (χ2n) is 9.86. The van der Waals surface area contributed by atoms with E-state index >= 15 is 0 Å². The molecule has 0 spiro atoms. The molecule has 0 bridgehead atoms. The molecule has 2 saturated carbocycles. The summed E-state index contributed by atoms with van der Waals surface area (Å²) in [6.07, 6.45) is 16.4. The molecule has 0 atom stereocenters. The zero-order valence-electron chi connectivity index (χ0n) is 20.5. The molecule has 176 valence electrons. The third kappa shape index (κ3) is 5.30. The van der Waals surface area contributed by atoms with Crippen LogP contribution in [0.15, 0.2) is 18.2 Å². The van der Waals surface area contributed by atoms with Crippen LogP contribution in [0.5, 0.6) is 5.75 Å². The number of ether oxygens (including phenoxy) is 2. The molecule has 0 saturated heterocycles. The minimum absolute atomic E-state index is 0.290. The minimum Gasteiger partial charge on any atom is -0.508 e. The number of phenolic OH excluding ortho intramolecular Hbond substituents is 1. The Morgan fingerprint density at radius 2 is 1.16 bits per heavy atom. The van der Waals surface area contributed by atoms with Gasteiger partial charge in [-0.05, 0) is 63.0 Å². The standard InChI is InChI=1S/C28H46O3/c1-5-27(6-2,30-22-16-11-9-12-17-22)24-20-15-21-25(29)26(24)28(7-3,8-4)31-23-18-13-10-14-19-23/h15,20-23,29H,5-14,16-19H2,1-4H3. The lowest BCUT2D eigenvalue weighted by molar-refractivity contribution is -0.132. The third-order valence-electron chi connectivity index (χ3n) is 8.16. The van der Waals surface area contributed by atoms with Crippen molar-refractivity contribution in [3.8, 4) is 5.75 Å². The molecular weight excluding hydrogens is 384 g/mol. The Labute approximate surface area is 190 Å². The third-order valence-corrected chi connectivity index (χ3v) is 8.16. The van der Waals surface area contributed by atoms with E-state index in [1.54, 1.807) is 0 Å². The summed E-state index contributed by atoms with van der Waals surface area (Å²) >= 11 is 0. The van der Waals surface area contributed by atoms with Crippen LogP contribution in [0.2, 0.25) is 0 Å². The fourth-order valence-corrected chi connectivity index (χ4v) is 6.09. The summed E-state index contributed by atoms with van der Waals surface area (Å²) in [5.74, 6) is 0.371. The van der Waals surface area contributed by atoms with Gasteiger partial charge in [-0.15, -0.1) is 0 Å². The molecule has 0 unspecified atom stereocenters. The highest BCUT2D eigenvalue weighted by Gasteiger charge is 2.43. The first-order valence-corrected chi connectivity index (χ1v) is 13.2. The molecule has 2 fully saturated rings. The zero-order chi connectivity index (χ0) is 22.3. The van der Waals surface area contributed by atoms with Crippen LogP contribution in [0.25, 0.3) is 0 Å². The quantitative estimate of drug-likeness (QED) is 0.407. The maximum absolute atomic E-state index is 11.2. The van der Waals surface area contributed by atoms with Crippen molar-refractivity contribution in [1.29, 1.82) is 0 Å². The monoisotopic (exact) mass is 430 g/mol. The molecule has 3 heteroatoms. The molecule has 0 amide bonds. The number of phenols is 1. The molecule has 0 radical (unpaired) electrons. The summed E-state index contributed by atoms with van der Waals surface area (Å²) < 4.78 is 13.9. The molecule has 2 aliphatic carbocycles. The van der Waals surface area contributed by atoms with Gasteiger partial charge in [0, 0.05) is 5.56 Å². The average molecular weight is 431 g/mol. The Hall–Kier alpha value is -1.06. The second kappa shape index (κ2) is 11.2. The fraction of sp³-hybridized carbons (Fsp3) is 0.786. The van der Waals surface area contributed by atoms with Crippen LogP contribution in [0.1, 0.15) is 129 Å². The van der Waals surface area contributed by atoms with Crippen molar-refractivity contribution >= 4 is 0 Å². The first kappa shape index (κ1) is 24.6. The largest absolute Gasteiger partial charge is 0.508 e. The molecule has 1 aromatic rings. The lowest BCUT2D eigenvalue weighted by atomic mass is 9.76. The van der Waals surface area contributed by atoms with E-state index in [9.17, 15) is 5.11 Å². The first-order chi connectivity index (χ1) is 15.0. The summed E-state index contributed by atoms with van der Waals surface area (Å²) in [6.45, 7) is 8.90. The van der Waals surface area contributed by atoms with Crippen LogP contribution in [0.3, 0.4) is 0 Å². The van der Waals surface area contributed by atoms with Crippen molar-refractivity contribution in [2.75, 3.05) is 0 Å². The van der Waals surface area contributed by atoms with Crippen LogP contribution >= 0.6 is 0 Å². The second-order valence-corrected chi connectivity index (χ2v) is 9.86. The molecule has 3 nitrogen and oxygen atoms in total. The van der Waals surface area contributed by atoms with Crippen molar-refractivity contribution in [1.82, 2.24) is 0 Å². The molecule has 1 N–H and O–H groups in total. The number of benzene rings is 1. The highest BCUT2D eigenvalue weighted by molar-refractivity contribution is 5.47.